The molecule has 1 aromatic heterocycles. The highest BCUT2D eigenvalue weighted by Gasteiger charge is 2.31. The maximum atomic E-state index is 9.50. The molecule has 2 aliphatic rings. The Morgan fingerprint density at radius 2 is 2.20 bits per heavy atom. The first-order valence-corrected chi connectivity index (χ1v) is 8.60. The minimum absolute atomic E-state index is 0.141. The first-order valence-electron chi connectivity index (χ1n) is 7.78. The quantitative estimate of drug-likeness (QED) is 0.875. The van der Waals surface area contributed by atoms with Crippen LogP contribution in [-0.4, -0.2) is 47.7 Å². The zero-order valence-corrected chi connectivity index (χ0v) is 13.3. The Morgan fingerprint density at radius 1 is 1.40 bits per heavy atom. The van der Waals surface area contributed by atoms with Gasteiger partial charge < -0.3 is 10.0 Å². The maximum Gasteiger partial charge on any atom is 0.185 e. The van der Waals surface area contributed by atoms with Crippen LogP contribution in [-0.2, 0) is 6.61 Å². The van der Waals surface area contributed by atoms with Crippen molar-refractivity contribution in [2.75, 3.05) is 31.6 Å². The van der Waals surface area contributed by atoms with E-state index < -0.39 is 0 Å². The van der Waals surface area contributed by atoms with E-state index in [1.54, 1.807) is 11.3 Å². The maximum absolute atomic E-state index is 9.50. The smallest absolute Gasteiger partial charge is 0.185 e. The summed E-state index contributed by atoms with van der Waals surface area (Å²) in [5.41, 5.74) is 1.16. The van der Waals surface area contributed by atoms with E-state index in [4.69, 9.17) is 4.98 Å². The van der Waals surface area contributed by atoms with Gasteiger partial charge in [0.2, 0.25) is 0 Å². The van der Waals surface area contributed by atoms with E-state index in [2.05, 4.69) is 23.8 Å². The van der Waals surface area contributed by atoms with Gasteiger partial charge in [-0.15, -0.1) is 0 Å². The van der Waals surface area contributed by atoms with Gasteiger partial charge >= 0.3 is 0 Å². The zero-order chi connectivity index (χ0) is 14.1. The minimum Gasteiger partial charge on any atom is -0.391 e. The van der Waals surface area contributed by atoms with Crippen molar-refractivity contribution in [1.82, 2.24) is 9.88 Å². The fourth-order valence-corrected chi connectivity index (χ4v) is 4.19. The third-order valence-electron chi connectivity index (χ3n) is 4.54. The van der Waals surface area contributed by atoms with Crippen molar-refractivity contribution in [2.24, 2.45) is 0 Å². The van der Waals surface area contributed by atoms with E-state index >= 15 is 0 Å². The molecule has 0 aromatic carbocycles. The van der Waals surface area contributed by atoms with Crippen LogP contribution in [0.5, 0.6) is 0 Å². The van der Waals surface area contributed by atoms with Gasteiger partial charge in [0.05, 0.1) is 17.2 Å². The molecule has 0 bridgehead atoms. The van der Waals surface area contributed by atoms with Gasteiger partial charge in [0.15, 0.2) is 5.13 Å². The first-order chi connectivity index (χ1) is 9.72. The van der Waals surface area contributed by atoms with Crippen LogP contribution in [0.25, 0.3) is 0 Å². The molecule has 0 amide bonds. The van der Waals surface area contributed by atoms with Gasteiger partial charge in [-0.25, -0.2) is 4.98 Å². The largest absolute Gasteiger partial charge is 0.391 e. The fraction of sp³-hybridized carbons (Fsp3) is 0.800. The van der Waals surface area contributed by atoms with Crippen molar-refractivity contribution in [1.29, 1.82) is 0 Å². The van der Waals surface area contributed by atoms with Gasteiger partial charge in [-0.05, 0) is 38.8 Å². The van der Waals surface area contributed by atoms with E-state index in [0.29, 0.717) is 12.0 Å². The molecule has 3 rings (SSSR count). The van der Waals surface area contributed by atoms with Crippen LogP contribution in [0.1, 0.15) is 49.1 Å². The van der Waals surface area contributed by atoms with Gasteiger partial charge in [-0.1, -0.05) is 18.3 Å². The number of likely N-dealkylation sites (tertiary alicyclic amines) is 1. The molecule has 1 aromatic rings. The third-order valence-corrected chi connectivity index (χ3v) is 5.71. The minimum atomic E-state index is 0.141. The summed E-state index contributed by atoms with van der Waals surface area (Å²) >= 11 is 1.67. The third kappa shape index (κ3) is 2.85. The topological polar surface area (TPSA) is 39.6 Å². The zero-order valence-electron chi connectivity index (χ0n) is 12.5. The molecular weight excluding hydrogens is 270 g/mol. The molecule has 1 aliphatic carbocycles. The Morgan fingerprint density at radius 3 is 2.85 bits per heavy atom. The number of thiazole rings is 1. The van der Waals surface area contributed by atoms with Crippen LogP contribution in [0.3, 0.4) is 0 Å². The van der Waals surface area contributed by atoms with Gasteiger partial charge in [0, 0.05) is 25.6 Å². The molecular formula is C15H25N3OS. The van der Waals surface area contributed by atoms with Crippen LogP contribution in [0, 0.1) is 0 Å². The Hall–Kier alpha value is -0.650. The van der Waals surface area contributed by atoms with Crippen molar-refractivity contribution < 1.29 is 5.11 Å². The molecule has 0 spiro atoms. The number of rotatable bonds is 6. The molecule has 4 nitrogen and oxygen atoms in total. The van der Waals surface area contributed by atoms with E-state index in [1.807, 2.05) is 0 Å². The predicted octanol–water partition coefficient (Wildman–Crippen LogP) is 2.43. The van der Waals surface area contributed by atoms with Crippen molar-refractivity contribution in [3.05, 3.63) is 10.6 Å². The summed E-state index contributed by atoms with van der Waals surface area (Å²) in [6, 6.07) is 0.663. The number of aliphatic hydroxyl groups excluding tert-OH is 1. The SMILES string of the molecule is CCN1CCCC1CN(C)c1nc(C2CC2)c(CO)s1. The summed E-state index contributed by atoms with van der Waals surface area (Å²) in [6.07, 6.45) is 5.10. The Balaban J connectivity index is 1.68. The van der Waals surface area contributed by atoms with E-state index in [0.717, 1.165) is 28.8 Å². The average molecular weight is 295 g/mol. The highest BCUT2D eigenvalue weighted by molar-refractivity contribution is 7.15. The lowest BCUT2D eigenvalue weighted by Gasteiger charge is -2.27. The lowest BCUT2D eigenvalue weighted by molar-refractivity contribution is 0.270. The molecule has 1 saturated heterocycles. The average Bonchev–Trinajstić information content (AvgIpc) is 3.05. The molecule has 1 N–H and O–H groups in total. The Bertz CT molecular complexity index is 458. The second kappa shape index (κ2) is 6.00. The molecule has 1 aliphatic heterocycles. The number of hydrogen-bond donors (Lipinski definition) is 1. The standard InChI is InChI=1S/C15H25N3OS/c1-3-18-8-4-5-12(18)9-17(2)15-16-14(11-6-7-11)13(10-19)20-15/h11-12,19H,3-10H2,1-2H3. The van der Waals surface area contributed by atoms with Crippen molar-refractivity contribution in [2.45, 2.75) is 51.2 Å². The van der Waals surface area contributed by atoms with Gasteiger partial charge in [-0.3, -0.25) is 4.90 Å². The summed E-state index contributed by atoms with van der Waals surface area (Å²) in [5.74, 6) is 0.620. The molecule has 20 heavy (non-hydrogen) atoms. The van der Waals surface area contributed by atoms with E-state index in [-0.39, 0.29) is 6.61 Å². The van der Waals surface area contributed by atoms with Crippen LogP contribution >= 0.6 is 11.3 Å². The number of anilines is 1. The van der Waals surface area contributed by atoms with E-state index in [1.165, 1.54) is 32.2 Å². The molecule has 2 heterocycles. The van der Waals surface area contributed by atoms with Crippen LogP contribution in [0.4, 0.5) is 5.13 Å². The number of likely N-dealkylation sites (N-methyl/N-ethyl adjacent to an activating group) is 2. The molecule has 2 fully saturated rings. The number of hydrogen-bond acceptors (Lipinski definition) is 5. The Kier molecular flexibility index (Phi) is 4.29. The lowest BCUT2D eigenvalue weighted by Crippen LogP contribution is -2.38. The molecule has 1 saturated carbocycles. The van der Waals surface area contributed by atoms with Gasteiger partial charge in [0.25, 0.3) is 0 Å². The second-order valence-electron chi connectivity index (χ2n) is 6.04. The molecule has 0 radical (unpaired) electrons. The molecule has 5 heteroatoms. The first kappa shape index (κ1) is 14.3. The van der Waals surface area contributed by atoms with Crippen molar-refractivity contribution in [3.63, 3.8) is 0 Å². The molecule has 1 atom stereocenters. The van der Waals surface area contributed by atoms with Crippen molar-refractivity contribution >= 4 is 16.5 Å². The van der Waals surface area contributed by atoms with Crippen LogP contribution in [0.15, 0.2) is 0 Å². The normalized spacial score (nSPS) is 23.4. The highest BCUT2D eigenvalue weighted by Crippen LogP contribution is 2.44. The monoisotopic (exact) mass is 295 g/mol. The summed E-state index contributed by atoms with van der Waals surface area (Å²) in [5, 5.41) is 10.6. The number of aliphatic hydroxyl groups is 1. The lowest BCUT2D eigenvalue weighted by atomic mass is 10.2. The summed E-state index contributed by atoms with van der Waals surface area (Å²) < 4.78 is 0. The van der Waals surface area contributed by atoms with Gasteiger partial charge in [-0.2, -0.15) is 0 Å². The second-order valence-corrected chi connectivity index (χ2v) is 7.10. The molecule has 112 valence electrons. The fourth-order valence-electron chi connectivity index (χ4n) is 3.22. The van der Waals surface area contributed by atoms with Crippen LogP contribution in [0.2, 0.25) is 0 Å². The summed E-state index contributed by atoms with van der Waals surface area (Å²) in [4.78, 5) is 10.7. The summed E-state index contributed by atoms with van der Waals surface area (Å²) in [7, 11) is 2.14. The van der Waals surface area contributed by atoms with Crippen LogP contribution < -0.4 is 4.90 Å². The molecule has 1 unspecified atom stereocenters. The highest BCUT2D eigenvalue weighted by atomic mass is 32.1. The predicted molar refractivity (Wildman–Crippen MR) is 83.6 cm³/mol. The van der Waals surface area contributed by atoms with E-state index in [9.17, 15) is 5.11 Å². The number of aromatic nitrogens is 1. The summed E-state index contributed by atoms with van der Waals surface area (Å²) in [6.45, 7) is 5.82. The van der Waals surface area contributed by atoms with Crippen molar-refractivity contribution in [3.8, 4) is 0 Å². The number of nitrogens with zero attached hydrogens (tertiary/aromatic N) is 3. The Labute approximate surface area is 125 Å². The van der Waals surface area contributed by atoms with Gasteiger partial charge in [0.1, 0.15) is 0 Å².